The Labute approximate surface area is 94.8 Å². The third kappa shape index (κ3) is 1.61. The summed E-state index contributed by atoms with van der Waals surface area (Å²) in [6, 6.07) is 5.84. The molecule has 2 aliphatic heterocycles. The molecule has 1 fully saturated rings. The molecule has 0 unspecified atom stereocenters. The number of nitrogens with one attached hydrogen (secondary N) is 1. The molecular formula is C13H15NO2. The van der Waals surface area contributed by atoms with Gasteiger partial charge in [-0.15, -0.1) is 0 Å². The summed E-state index contributed by atoms with van der Waals surface area (Å²) in [6.07, 6.45) is 2.08. The van der Waals surface area contributed by atoms with Crippen molar-refractivity contribution in [2.45, 2.75) is 12.8 Å². The van der Waals surface area contributed by atoms with Gasteiger partial charge in [-0.1, -0.05) is 0 Å². The van der Waals surface area contributed by atoms with Gasteiger partial charge >= 0.3 is 0 Å². The fraction of sp³-hybridized carbons (Fsp3) is 0.462. The van der Waals surface area contributed by atoms with Crippen molar-refractivity contribution in [2.24, 2.45) is 5.92 Å². The summed E-state index contributed by atoms with van der Waals surface area (Å²) >= 11 is 0. The first-order valence-corrected chi connectivity index (χ1v) is 5.85. The first-order chi connectivity index (χ1) is 7.84. The number of Topliss-reactive ketones (excluding diaryl/α,β-unsaturated/α-hetero) is 1. The molecule has 0 aliphatic carbocycles. The molecule has 0 saturated carbocycles. The van der Waals surface area contributed by atoms with Crippen molar-refractivity contribution in [2.75, 3.05) is 19.7 Å². The van der Waals surface area contributed by atoms with E-state index in [4.69, 9.17) is 4.74 Å². The zero-order valence-electron chi connectivity index (χ0n) is 9.16. The van der Waals surface area contributed by atoms with Crippen molar-refractivity contribution < 1.29 is 9.53 Å². The molecule has 2 aliphatic rings. The number of benzene rings is 1. The molecule has 0 amide bonds. The van der Waals surface area contributed by atoms with E-state index in [1.807, 2.05) is 18.2 Å². The Morgan fingerprint density at radius 1 is 1.38 bits per heavy atom. The molecule has 3 rings (SSSR count). The standard InChI is InChI=1S/C13H15NO2/c15-13(11-7-14-8-11)10-3-4-12-9(6-10)2-1-5-16-12/h3-4,6,11,14H,1-2,5,7-8H2. The predicted molar refractivity (Wildman–Crippen MR) is 60.9 cm³/mol. The molecule has 16 heavy (non-hydrogen) atoms. The lowest BCUT2D eigenvalue weighted by atomic mass is 9.91. The first kappa shape index (κ1) is 9.85. The van der Waals surface area contributed by atoms with Gasteiger partial charge in [-0.2, -0.15) is 0 Å². The monoisotopic (exact) mass is 217 g/mol. The number of aryl methyl sites for hydroxylation is 1. The van der Waals surface area contributed by atoms with Crippen molar-refractivity contribution in [3.05, 3.63) is 29.3 Å². The van der Waals surface area contributed by atoms with Gasteiger partial charge in [0.15, 0.2) is 5.78 Å². The van der Waals surface area contributed by atoms with E-state index in [-0.39, 0.29) is 11.7 Å². The van der Waals surface area contributed by atoms with Crippen molar-refractivity contribution in [3.8, 4) is 5.75 Å². The third-order valence-electron chi connectivity index (χ3n) is 3.35. The number of hydrogen-bond donors (Lipinski definition) is 1. The van der Waals surface area contributed by atoms with Crippen molar-refractivity contribution in [1.29, 1.82) is 0 Å². The van der Waals surface area contributed by atoms with Gasteiger partial charge in [-0.3, -0.25) is 4.79 Å². The molecule has 3 nitrogen and oxygen atoms in total. The van der Waals surface area contributed by atoms with Gasteiger partial charge in [0.25, 0.3) is 0 Å². The van der Waals surface area contributed by atoms with Crippen LogP contribution in [0.3, 0.4) is 0 Å². The SMILES string of the molecule is O=C(c1ccc2c(c1)CCCO2)C1CNC1. The number of rotatable bonds is 2. The van der Waals surface area contributed by atoms with E-state index < -0.39 is 0 Å². The van der Waals surface area contributed by atoms with Crippen LogP contribution in [0.1, 0.15) is 22.3 Å². The van der Waals surface area contributed by atoms with Crippen molar-refractivity contribution >= 4 is 5.78 Å². The van der Waals surface area contributed by atoms with Gasteiger partial charge < -0.3 is 10.1 Å². The van der Waals surface area contributed by atoms with E-state index in [9.17, 15) is 4.79 Å². The summed E-state index contributed by atoms with van der Waals surface area (Å²) in [7, 11) is 0. The number of fused-ring (bicyclic) bond motifs is 1. The van der Waals surface area contributed by atoms with Gasteiger partial charge in [0.05, 0.1) is 6.61 Å². The van der Waals surface area contributed by atoms with Crippen LogP contribution in [0.15, 0.2) is 18.2 Å². The third-order valence-corrected chi connectivity index (χ3v) is 3.35. The topological polar surface area (TPSA) is 38.3 Å². The Hall–Kier alpha value is -1.35. The van der Waals surface area contributed by atoms with Crippen LogP contribution >= 0.6 is 0 Å². The first-order valence-electron chi connectivity index (χ1n) is 5.85. The average molecular weight is 217 g/mol. The molecule has 84 valence electrons. The highest BCUT2D eigenvalue weighted by molar-refractivity contribution is 5.99. The highest BCUT2D eigenvalue weighted by Crippen LogP contribution is 2.26. The maximum absolute atomic E-state index is 12.0. The lowest BCUT2D eigenvalue weighted by Gasteiger charge is -2.26. The molecule has 0 bridgehead atoms. The van der Waals surface area contributed by atoms with Crippen LogP contribution in [0.4, 0.5) is 0 Å². The molecule has 0 radical (unpaired) electrons. The van der Waals surface area contributed by atoms with Gasteiger partial charge in [-0.05, 0) is 36.6 Å². The van der Waals surface area contributed by atoms with Crippen molar-refractivity contribution in [3.63, 3.8) is 0 Å². The number of carbonyl (C=O) groups excluding carboxylic acids is 1. The molecule has 0 spiro atoms. The normalized spacial score (nSPS) is 19.5. The smallest absolute Gasteiger partial charge is 0.168 e. The molecule has 1 saturated heterocycles. The van der Waals surface area contributed by atoms with E-state index in [1.54, 1.807) is 0 Å². The minimum atomic E-state index is 0.183. The molecule has 1 aromatic carbocycles. The lowest BCUT2D eigenvalue weighted by molar-refractivity contribution is 0.0878. The van der Waals surface area contributed by atoms with E-state index >= 15 is 0 Å². The molecule has 1 aromatic rings. The number of ether oxygens (including phenoxy) is 1. The van der Waals surface area contributed by atoms with Gasteiger partial charge in [0.2, 0.25) is 0 Å². The minimum Gasteiger partial charge on any atom is -0.493 e. The van der Waals surface area contributed by atoms with Gasteiger partial charge in [0.1, 0.15) is 5.75 Å². The number of hydrogen-bond acceptors (Lipinski definition) is 3. The Bertz CT molecular complexity index is 424. The molecule has 0 atom stereocenters. The average Bonchev–Trinajstić information content (AvgIpc) is 2.26. The number of ketones is 1. The Morgan fingerprint density at radius 3 is 3.00 bits per heavy atom. The minimum absolute atomic E-state index is 0.183. The van der Waals surface area contributed by atoms with E-state index in [1.165, 1.54) is 5.56 Å². The Kier molecular flexibility index (Phi) is 2.40. The van der Waals surface area contributed by atoms with Crippen molar-refractivity contribution in [1.82, 2.24) is 5.32 Å². The fourth-order valence-electron chi connectivity index (χ4n) is 2.22. The zero-order chi connectivity index (χ0) is 11.0. The summed E-state index contributed by atoms with van der Waals surface area (Å²) in [6.45, 7) is 2.45. The second-order valence-corrected chi connectivity index (χ2v) is 4.49. The van der Waals surface area contributed by atoms with Gasteiger partial charge in [-0.25, -0.2) is 0 Å². The molecular weight excluding hydrogens is 202 g/mol. The highest BCUT2D eigenvalue weighted by Gasteiger charge is 2.26. The summed E-state index contributed by atoms with van der Waals surface area (Å²) in [5.74, 6) is 1.41. The zero-order valence-corrected chi connectivity index (χ0v) is 9.16. The Morgan fingerprint density at radius 2 is 2.25 bits per heavy atom. The Balaban J connectivity index is 1.87. The molecule has 3 heteroatoms. The van der Waals surface area contributed by atoms with Crippen LogP contribution in [0.2, 0.25) is 0 Å². The molecule has 0 aromatic heterocycles. The van der Waals surface area contributed by atoms with E-state index in [0.29, 0.717) is 0 Å². The van der Waals surface area contributed by atoms with Crippen LogP contribution in [0.25, 0.3) is 0 Å². The second kappa shape index (κ2) is 3.91. The van der Waals surface area contributed by atoms with Crippen LogP contribution in [-0.2, 0) is 6.42 Å². The lowest BCUT2D eigenvalue weighted by Crippen LogP contribution is -2.46. The highest BCUT2D eigenvalue weighted by atomic mass is 16.5. The molecule has 1 N–H and O–H groups in total. The predicted octanol–water partition coefficient (Wildman–Crippen LogP) is 1.41. The maximum Gasteiger partial charge on any atom is 0.168 e. The maximum atomic E-state index is 12.0. The van der Waals surface area contributed by atoms with E-state index in [0.717, 1.165) is 43.9 Å². The largest absolute Gasteiger partial charge is 0.493 e. The fourth-order valence-corrected chi connectivity index (χ4v) is 2.22. The van der Waals surface area contributed by atoms with Crippen LogP contribution in [0.5, 0.6) is 5.75 Å². The second-order valence-electron chi connectivity index (χ2n) is 4.49. The van der Waals surface area contributed by atoms with Crippen LogP contribution in [-0.4, -0.2) is 25.5 Å². The quantitative estimate of drug-likeness (QED) is 0.761. The van der Waals surface area contributed by atoms with E-state index in [2.05, 4.69) is 5.32 Å². The van der Waals surface area contributed by atoms with Gasteiger partial charge in [0, 0.05) is 24.6 Å². The number of carbonyl (C=O) groups is 1. The molecule has 2 heterocycles. The van der Waals surface area contributed by atoms with Crippen LogP contribution < -0.4 is 10.1 Å². The summed E-state index contributed by atoms with van der Waals surface area (Å²) < 4.78 is 5.54. The summed E-state index contributed by atoms with van der Waals surface area (Å²) in [5.41, 5.74) is 2.03. The summed E-state index contributed by atoms with van der Waals surface area (Å²) in [5, 5.41) is 3.13. The summed E-state index contributed by atoms with van der Waals surface area (Å²) in [4.78, 5) is 12.0. The van der Waals surface area contributed by atoms with Crippen LogP contribution in [0, 0.1) is 5.92 Å².